The van der Waals surface area contributed by atoms with Crippen molar-refractivity contribution in [2.24, 2.45) is 4.99 Å². The normalized spacial score (nSPS) is 14.6. The Morgan fingerprint density at radius 2 is 2.03 bits per heavy atom. The molecular weight excluding hydrogens is 523 g/mol. The van der Waals surface area contributed by atoms with E-state index < -0.39 is 0 Å². The van der Waals surface area contributed by atoms with Gasteiger partial charge in [-0.2, -0.15) is 0 Å². The smallest absolute Gasteiger partial charge is 0.259 e. The van der Waals surface area contributed by atoms with Gasteiger partial charge in [0, 0.05) is 59.4 Å². The molecule has 1 N–H and O–H groups in total. The fourth-order valence-corrected chi connectivity index (χ4v) is 3.27. The van der Waals surface area contributed by atoms with Gasteiger partial charge in [-0.15, -0.1) is 24.0 Å². The minimum Gasteiger partial charge on any atom is -0.484 e. The number of ether oxygens (including phenoxy) is 1. The standard InChI is InChI=1S/C22H32N6O3.HI/c1-4-23-22(28-11-9-27(10-12-28)16-19-8-13-31-25-19)24-15-18-6-5-7-20(14-18)30-17-21(29)26(2)3;/h5-8,13-14H,4,9-12,15-17H2,1-3H3,(H,23,24);1H. The second kappa shape index (κ2) is 13.3. The van der Waals surface area contributed by atoms with Gasteiger partial charge in [-0.25, -0.2) is 4.99 Å². The quantitative estimate of drug-likeness (QED) is 0.303. The number of likely N-dealkylation sites (N-methyl/N-ethyl adjacent to an activating group) is 1. The van der Waals surface area contributed by atoms with Crippen LogP contribution < -0.4 is 10.1 Å². The van der Waals surface area contributed by atoms with Crippen LogP contribution in [0.1, 0.15) is 18.2 Å². The van der Waals surface area contributed by atoms with Gasteiger partial charge in [0.05, 0.1) is 12.2 Å². The van der Waals surface area contributed by atoms with Crippen LogP contribution in [0.4, 0.5) is 0 Å². The fourth-order valence-electron chi connectivity index (χ4n) is 3.27. The zero-order valence-electron chi connectivity index (χ0n) is 19.0. The van der Waals surface area contributed by atoms with Gasteiger partial charge < -0.3 is 24.4 Å². The molecule has 0 bridgehead atoms. The minimum atomic E-state index is -0.0689. The van der Waals surface area contributed by atoms with Crippen LogP contribution in [0.3, 0.4) is 0 Å². The molecule has 3 rings (SSSR count). The van der Waals surface area contributed by atoms with E-state index >= 15 is 0 Å². The Bertz CT molecular complexity index is 851. The molecule has 1 aromatic heterocycles. The highest BCUT2D eigenvalue weighted by Gasteiger charge is 2.20. The summed E-state index contributed by atoms with van der Waals surface area (Å²) in [6.07, 6.45) is 1.61. The van der Waals surface area contributed by atoms with Gasteiger partial charge in [0.15, 0.2) is 12.6 Å². The molecule has 32 heavy (non-hydrogen) atoms. The molecule has 9 nitrogen and oxygen atoms in total. The lowest BCUT2D eigenvalue weighted by Gasteiger charge is -2.36. The SMILES string of the molecule is CCNC(=NCc1cccc(OCC(=O)N(C)C)c1)N1CCN(Cc2ccon2)CC1.I. The number of guanidine groups is 1. The van der Waals surface area contributed by atoms with Gasteiger partial charge in [0.1, 0.15) is 12.0 Å². The van der Waals surface area contributed by atoms with Gasteiger partial charge in [-0.05, 0) is 24.6 Å². The van der Waals surface area contributed by atoms with Crippen molar-refractivity contribution >= 4 is 35.8 Å². The summed E-state index contributed by atoms with van der Waals surface area (Å²) in [7, 11) is 3.43. The van der Waals surface area contributed by atoms with E-state index in [0.29, 0.717) is 12.3 Å². The van der Waals surface area contributed by atoms with E-state index in [1.807, 2.05) is 30.3 Å². The highest BCUT2D eigenvalue weighted by atomic mass is 127. The van der Waals surface area contributed by atoms with Gasteiger partial charge in [0.2, 0.25) is 0 Å². The second-order valence-corrected chi connectivity index (χ2v) is 7.65. The Labute approximate surface area is 206 Å². The molecule has 1 aliphatic heterocycles. The molecule has 0 unspecified atom stereocenters. The number of aliphatic imine (C=N–C) groups is 1. The maximum Gasteiger partial charge on any atom is 0.259 e. The summed E-state index contributed by atoms with van der Waals surface area (Å²) >= 11 is 0. The Balaban J connectivity index is 0.00000363. The number of benzene rings is 1. The summed E-state index contributed by atoms with van der Waals surface area (Å²) in [4.78, 5) is 22.7. The lowest BCUT2D eigenvalue weighted by molar-refractivity contribution is -0.130. The molecule has 0 spiro atoms. The molecule has 0 saturated carbocycles. The number of nitrogens with one attached hydrogen (secondary N) is 1. The number of aromatic nitrogens is 1. The molecule has 1 fully saturated rings. The molecule has 1 amide bonds. The maximum atomic E-state index is 11.7. The third kappa shape index (κ3) is 7.97. The number of piperazine rings is 1. The van der Waals surface area contributed by atoms with Crippen LogP contribution in [0.15, 0.2) is 46.1 Å². The first kappa shape index (κ1) is 25.9. The average Bonchev–Trinajstić information content (AvgIpc) is 3.29. The molecule has 1 aromatic carbocycles. The predicted octanol–water partition coefficient (Wildman–Crippen LogP) is 2.04. The molecule has 0 radical (unpaired) electrons. The number of hydrogen-bond donors (Lipinski definition) is 1. The maximum absolute atomic E-state index is 11.7. The number of nitrogens with zero attached hydrogens (tertiary/aromatic N) is 5. The number of amides is 1. The van der Waals surface area contributed by atoms with Crippen LogP contribution in [-0.4, -0.2) is 85.1 Å². The first-order valence-electron chi connectivity index (χ1n) is 10.6. The Kier molecular flexibility index (Phi) is 10.7. The molecule has 1 aliphatic rings. The zero-order chi connectivity index (χ0) is 22.1. The Morgan fingerprint density at radius 1 is 1.25 bits per heavy atom. The minimum absolute atomic E-state index is 0. The molecule has 0 atom stereocenters. The van der Waals surface area contributed by atoms with Crippen molar-refractivity contribution in [3.63, 3.8) is 0 Å². The van der Waals surface area contributed by atoms with Gasteiger partial charge in [-0.1, -0.05) is 17.3 Å². The molecule has 176 valence electrons. The number of hydrogen-bond acceptors (Lipinski definition) is 6. The average molecular weight is 556 g/mol. The van der Waals surface area contributed by atoms with Crippen LogP contribution in [0.25, 0.3) is 0 Å². The topological polar surface area (TPSA) is 86.4 Å². The van der Waals surface area contributed by atoms with Crippen molar-refractivity contribution in [2.75, 3.05) is 53.4 Å². The molecule has 2 heterocycles. The van der Waals surface area contributed by atoms with Crippen LogP contribution in [0, 0.1) is 0 Å². The van der Waals surface area contributed by atoms with Crippen LogP contribution in [0.2, 0.25) is 0 Å². The Hall–Kier alpha value is -2.34. The fraction of sp³-hybridized carbons (Fsp3) is 0.500. The van der Waals surface area contributed by atoms with Crippen LogP contribution in [-0.2, 0) is 17.9 Å². The largest absolute Gasteiger partial charge is 0.484 e. The van der Waals surface area contributed by atoms with Crippen molar-refractivity contribution in [3.05, 3.63) is 47.9 Å². The summed E-state index contributed by atoms with van der Waals surface area (Å²) in [5.74, 6) is 1.52. The van der Waals surface area contributed by atoms with Crippen molar-refractivity contribution < 1.29 is 14.1 Å². The van der Waals surface area contributed by atoms with E-state index in [9.17, 15) is 4.79 Å². The van der Waals surface area contributed by atoms with E-state index in [4.69, 9.17) is 14.3 Å². The number of carbonyl (C=O) groups excluding carboxylic acids is 1. The summed E-state index contributed by atoms with van der Waals surface area (Å²) in [5, 5.41) is 7.40. The van der Waals surface area contributed by atoms with Crippen molar-refractivity contribution in [3.8, 4) is 5.75 Å². The second-order valence-electron chi connectivity index (χ2n) is 7.65. The summed E-state index contributed by atoms with van der Waals surface area (Å²) in [6.45, 7) is 7.96. The van der Waals surface area contributed by atoms with E-state index in [2.05, 4.69) is 27.2 Å². The molecular formula is C22H33IN6O3. The zero-order valence-corrected chi connectivity index (χ0v) is 21.3. The van der Waals surface area contributed by atoms with Crippen molar-refractivity contribution in [1.82, 2.24) is 25.2 Å². The lowest BCUT2D eigenvalue weighted by Crippen LogP contribution is -2.52. The summed E-state index contributed by atoms with van der Waals surface area (Å²) < 4.78 is 10.5. The van der Waals surface area contributed by atoms with E-state index in [-0.39, 0.29) is 36.5 Å². The number of halogens is 1. The van der Waals surface area contributed by atoms with Crippen LogP contribution >= 0.6 is 24.0 Å². The van der Waals surface area contributed by atoms with E-state index in [1.54, 1.807) is 20.4 Å². The summed E-state index contributed by atoms with van der Waals surface area (Å²) in [5.41, 5.74) is 2.00. The van der Waals surface area contributed by atoms with Crippen molar-refractivity contribution in [2.45, 2.75) is 20.0 Å². The molecule has 2 aromatic rings. The number of rotatable bonds is 8. The third-order valence-electron chi connectivity index (χ3n) is 5.05. The monoisotopic (exact) mass is 556 g/mol. The first-order valence-corrected chi connectivity index (χ1v) is 10.6. The highest BCUT2D eigenvalue weighted by Crippen LogP contribution is 2.15. The van der Waals surface area contributed by atoms with Gasteiger partial charge in [0.25, 0.3) is 5.91 Å². The van der Waals surface area contributed by atoms with E-state index in [1.165, 1.54) is 4.90 Å². The molecule has 10 heteroatoms. The van der Waals surface area contributed by atoms with Crippen LogP contribution in [0.5, 0.6) is 5.75 Å². The van der Waals surface area contributed by atoms with E-state index in [0.717, 1.165) is 56.5 Å². The van der Waals surface area contributed by atoms with Crippen molar-refractivity contribution in [1.29, 1.82) is 0 Å². The van der Waals surface area contributed by atoms with Gasteiger partial charge >= 0.3 is 0 Å². The molecule has 1 saturated heterocycles. The first-order chi connectivity index (χ1) is 15.0. The third-order valence-corrected chi connectivity index (χ3v) is 5.05. The summed E-state index contributed by atoms with van der Waals surface area (Å²) in [6, 6.07) is 9.65. The number of carbonyl (C=O) groups is 1. The Morgan fingerprint density at radius 3 is 2.69 bits per heavy atom. The lowest BCUT2D eigenvalue weighted by atomic mass is 10.2. The predicted molar refractivity (Wildman–Crippen MR) is 134 cm³/mol. The molecule has 0 aliphatic carbocycles. The van der Waals surface area contributed by atoms with Gasteiger partial charge in [-0.3, -0.25) is 9.69 Å². The highest BCUT2D eigenvalue weighted by molar-refractivity contribution is 14.0.